The van der Waals surface area contributed by atoms with Crippen LogP contribution >= 0.6 is 19.4 Å². The zero-order valence-corrected chi connectivity index (χ0v) is 30.2. The molecular weight excluding hydrogens is 674 g/mol. The van der Waals surface area contributed by atoms with E-state index in [0.717, 1.165) is 35.7 Å². The van der Waals surface area contributed by atoms with Crippen molar-refractivity contribution in [3.8, 4) is 5.75 Å². The summed E-state index contributed by atoms with van der Waals surface area (Å²) in [6.45, 7) is 17.6. The van der Waals surface area contributed by atoms with Crippen molar-refractivity contribution < 1.29 is 18.3 Å². The molecule has 0 unspecified atom stereocenters. The monoisotopic (exact) mass is 717 g/mol. The Morgan fingerprint density at radius 3 is 1.66 bits per heavy atom. The first-order valence-corrected chi connectivity index (χ1v) is 19.7. The summed E-state index contributed by atoms with van der Waals surface area (Å²) in [6.07, 6.45) is 1.78. The van der Waals surface area contributed by atoms with Gasteiger partial charge in [-0.3, -0.25) is 0 Å². The molecule has 7 heteroatoms. The minimum Gasteiger partial charge on any atom is -0.502 e. The third-order valence-corrected chi connectivity index (χ3v) is 9.14. The minimum atomic E-state index is -1.86. The molecule has 4 aromatic carbocycles. The van der Waals surface area contributed by atoms with Crippen molar-refractivity contribution in [3.05, 3.63) is 131 Å². The van der Waals surface area contributed by atoms with E-state index >= 15 is 0 Å². The van der Waals surface area contributed by atoms with Gasteiger partial charge >= 0.3 is 132 Å². The van der Waals surface area contributed by atoms with Crippen LogP contribution in [0.3, 0.4) is 0 Å². The number of rotatable bonds is 6. The van der Waals surface area contributed by atoms with Crippen LogP contribution in [-0.2, 0) is 13.5 Å². The van der Waals surface area contributed by atoms with Crippen molar-refractivity contribution in [2.75, 3.05) is 30.0 Å². The number of anilines is 2. The van der Waals surface area contributed by atoms with E-state index in [1.165, 1.54) is 44.8 Å². The second-order valence-electron chi connectivity index (χ2n) is 10.9. The molecule has 0 bridgehead atoms. The molecule has 0 radical (unpaired) electrons. The molecule has 0 N–H and O–H groups in total. The van der Waals surface area contributed by atoms with Crippen LogP contribution in [0.15, 0.2) is 77.8 Å². The molecule has 0 spiro atoms. The third kappa shape index (κ3) is 8.97. The Labute approximate surface area is 277 Å². The number of nitrogens with zero attached hydrogens (tertiary/aromatic N) is 3. The molecule has 0 atom stereocenters. The van der Waals surface area contributed by atoms with Crippen molar-refractivity contribution in [3.63, 3.8) is 0 Å². The van der Waals surface area contributed by atoms with E-state index in [1.54, 1.807) is 13.3 Å². The van der Waals surface area contributed by atoms with Crippen molar-refractivity contribution in [2.24, 2.45) is 4.99 Å². The van der Waals surface area contributed by atoms with Crippen LogP contribution in [0.4, 0.5) is 17.1 Å². The molecule has 1 aliphatic heterocycles. The van der Waals surface area contributed by atoms with Gasteiger partial charge in [-0.25, -0.2) is 0 Å². The normalized spacial score (nSPS) is 12.9. The van der Waals surface area contributed by atoms with Gasteiger partial charge in [0, 0.05) is 31.9 Å². The summed E-state index contributed by atoms with van der Waals surface area (Å²) < 4.78 is 7.19. The van der Waals surface area contributed by atoms with Crippen LogP contribution in [0, 0.1) is 55.6 Å². The van der Waals surface area contributed by atoms with E-state index in [1.807, 2.05) is 53.1 Å². The number of para-hydroxylation sites is 2. The Hall–Kier alpha value is -3.11. The van der Waals surface area contributed by atoms with Crippen molar-refractivity contribution >= 4 is 47.3 Å². The number of benzene rings is 4. The second kappa shape index (κ2) is 16.3. The van der Waals surface area contributed by atoms with E-state index < -0.39 is 13.5 Å². The molecule has 0 aliphatic carbocycles. The average molecular weight is 718 g/mol. The SMILES string of the molecule is COc1ccccc1C=Nc1ccccc1[CH]=[Ru]([Cl])[Cl].Cc1cc(C)c(N2[CH-]N(c3c(C)cc(C)cc3C)CC2)c(C)c1.[CH3+]. The van der Waals surface area contributed by atoms with Gasteiger partial charge in [-0.2, -0.15) is 6.67 Å². The van der Waals surface area contributed by atoms with Crippen LogP contribution in [0.2, 0.25) is 0 Å². The van der Waals surface area contributed by atoms with Gasteiger partial charge in [0.25, 0.3) is 0 Å². The van der Waals surface area contributed by atoms with Gasteiger partial charge in [0.1, 0.15) is 0 Å². The van der Waals surface area contributed by atoms with Crippen molar-refractivity contribution in [1.29, 1.82) is 0 Å². The molecule has 5 rings (SSSR count). The van der Waals surface area contributed by atoms with E-state index in [2.05, 4.69) is 87.3 Å². The molecule has 4 nitrogen and oxygen atoms in total. The van der Waals surface area contributed by atoms with E-state index in [4.69, 9.17) is 24.1 Å². The number of hydrogen-bond acceptors (Lipinski definition) is 4. The Morgan fingerprint density at radius 1 is 0.727 bits per heavy atom. The zero-order valence-electron chi connectivity index (χ0n) is 26.9. The van der Waals surface area contributed by atoms with Crippen LogP contribution in [0.1, 0.15) is 44.5 Å². The van der Waals surface area contributed by atoms with Crippen LogP contribution in [-0.4, -0.2) is 31.0 Å². The Balaban J connectivity index is 0.000000238. The quantitative estimate of drug-likeness (QED) is 0.113. The van der Waals surface area contributed by atoms with Gasteiger partial charge in [0.15, 0.2) is 0 Å². The van der Waals surface area contributed by atoms with Gasteiger partial charge < -0.3 is 9.80 Å². The first-order chi connectivity index (χ1) is 20.6. The summed E-state index contributed by atoms with van der Waals surface area (Å²) in [5.74, 6) is 0.792. The molecular formula is C37H43Cl2N3ORu. The van der Waals surface area contributed by atoms with E-state index in [-0.39, 0.29) is 7.43 Å². The van der Waals surface area contributed by atoms with Crippen LogP contribution < -0.4 is 14.5 Å². The van der Waals surface area contributed by atoms with Crippen LogP contribution in [0.25, 0.3) is 0 Å². The fourth-order valence-corrected chi connectivity index (χ4v) is 7.59. The fourth-order valence-electron chi connectivity index (χ4n) is 5.78. The van der Waals surface area contributed by atoms with Crippen LogP contribution in [0.5, 0.6) is 5.75 Å². The molecule has 44 heavy (non-hydrogen) atoms. The maximum Gasteiger partial charge on any atom is 0.0467 e. The zero-order chi connectivity index (χ0) is 31.1. The molecule has 1 aliphatic rings. The summed E-state index contributed by atoms with van der Waals surface area (Å²) >= 11 is -1.86. The van der Waals surface area contributed by atoms with Gasteiger partial charge in [-0.05, 0) is 63.8 Å². The number of methoxy groups -OCH3 is 1. The summed E-state index contributed by atoms with van der Waals surface area (Å²) in [6, 6.07) is 24.6. The van der Waals surface area contributed by atoms with E-state index in [9.17, 15) is 0 Å². The Kier molecular flexibility index (Phi) is 13.1. The number of aryl methyl sites for hydroxylation is 6. The predicted molar refractivity (Wildman–Crippen MR) is 190 cm³/mol. The van der Waals surface area contributed by atoms with Gasteiger partial charge in [-0.15, -0.1) is 0 Å². The first kappa shape index (κ1) is 35.4. The molecule has 1 saturated heterocycles. The maximum absolute atomic E-state index is 5.93. The number of aliphatic imine (C=N–C) groups is 1. The largest absolute Gasteiger partial charge is 0.502 e. The molecule has 1 fully saturated rings. The number of ether oxygens (including phenoxy) is 1. The molecule has 1 heterocycles. The van der Waals surface area contributed by atoms with Gasteiger partial charge in [0.2, 0.25) is 0 Å². The first-order valence-electron chi connectivity index (χ1n) is 14.2. The maximum atomic E-state index is 5.93. The van der Waals surface area contributed by atoms with Crippen molar-refractivity contribution in [1.82, 2.24) is 0 Å². The summed E-state index contributed by atoms with van der Waals surface area (Å²) in [5, 5.41) is 0. The molecule has 234 valence electrons. The molecule has 4 aromatic rings. The second-order valence-corrected chi connectivity index (χ2v) is 16.6. The third-order valence-electron chi connectivity index (χ3n) is 7.31. The summed E-state index contributed by atoms with van der Waals surface area (Å²) in [7, 11) is 13.5. The summed E-state index contributed by atoms with van der Waals surface area (Å²) in [5.41, 5.74) is 13.6. The summed E-state index contributed by atoms with van der Waals surface area (Å²) in [4.78, 5) is 9.32. The Morgan fingerprint density at radius 2 is 1.18 bits per heavy atom. The fraction of sp³-hybridized carbons (Fsp3) is 0.243. The van der Waals surface area contributed by atoms with Crippen molar-refractivity contribution in [2.45, 2.75) is 41.5 Å². The van der Waals surface area contributed by atoms with Gasteiger partial charge in [-0.1, -0.05) is 35.4 Å². The molecule has 0 aromatic heterocycles. The predicted octanol–water partition coefficient (Wildman–Crippen LogP) is 9.96. The standard InChI is InChI=1S/C21H27N2.C15H13NO.CH3.2ClH.Ru/c1-14-9-16(3)20(17(4)10-14)22-7-8-23(13-22)21-18(5)11-15(2)12-19(21)6;1-12-7-3-5-9-14(12)16-11-13-8-4-6-10-15(13)17-2;;;;/h9-13H,7-8H2,1-6H3;1,3-11H,2H3;1H3;2*1H;/q-1;;+1;;;+2/p-2. The smallest absolute Gasteiger partial charge is 0.0467 e. The number of halogens is 2. The Bertz CT molecular complexity index is 1540. The average Bonchev–Trinajstić information content (AvgIpc) is 3.40. The van der Waals surface area contributed by atoms with Gasteiger partial charge in [0.05, 0.1) is 0 Å². The molecule has 0 saturated carbocycles. The van der Waals surface area contributed by atoms with E-state index in [0.29, 0.717) is 0 Å². The molecule has 0 amide bonds. The minimum absolute atomic E-state index is 0. The topological polar surface area (TPSA) is 28.1 Å². The number of hydrogen-bond donors (Lipinski definition) is 0.